The molecule has 0 fully saturated rings. The van der Waals surface area contributed by atoms with Gasteiger partial charge in [0.15, 0.2) is 0 Å². The standard InChI is InChI=1S/C25H21NO2S/c1-16-12-14-19(15-13-16)22-23(29-20-9-5-4-6-10-20)25(28)26(24(22)27)21-11-7-8-17(2)18(21)3/h4-15H,1-3H3. The summed E-state index contributed by atoms with van der Waals surface area (Å²) in [5.41, 5.74) is 4.96. The van der Waals surface area contributed by atoms with Gasteiger partial charge >= 0.3 is 0 Å². The largest absolute Gasteiger partial charge is 0.272 e. The van der Waals surface area contributed by atoms with Crippen LogP contribution in [0.4, 0.5) is 5.69 Å². The van der Waals surface area contributed by atoms with Crippen molar-refractivity contribution in [3.63, 3.8) is 0 Å². The minimum Gasteiger partial charge on any atom is -0.268 e. The van der Waals surface area contributed by atoms with E-state index in [0.29, 0.717) is 16.2 Å². The van der Waals surface area contributed by atoms with Gasteiger partial charge in [0.2, 0.25) is 0 Å². The van der Waals surface area contributed by atoms with Gasteiger partial charge in [-0.25, -0.2) is 4.90 Å². The minimum absolute atomic E-state index is 0.270. The summed E-state index contributed by atoms with van der Waals surface area (Å²) in [6.45, 7) is 5.93. The first-order valence-electron chi connectivity index (χ1n) is 9.46. The van der Waals surface area contributed by atoms with Crippen LogP contribution < -0.4 is 4.90 Å². The molecule has 4 rings (SSSR count). The number of nitrogens with zero attached hydrogens (tertiary/aromatic N) is 1. The van der Waals surface area contributed by atoms with E-state index in [9.17, 15) is 9.59 Å². The Labute approximate surface area is 175 Å². The smallest absolute Gasteiger partial charge is 0.268 e. The zero-order valence-corrected chi connectivity index (χ0v) is 17.4. The zero-order valence-electron chi connectivity index (χ0n) is 16.6. The fourth-order valence-electron chi connectivity index (χ4n) is 3.38. The lowest BCUT2D eigenvalue weighted by molar-refractivity contribution is -0.119. The lowest BCUT2D eigenvalue weighted by atomic mass is 10.0. The van der Waals surface area contributed by atoms with E-state index in [1.165, 1.54) is 16.7 Å². The van der Waals surface area contributed by atoms with Gasteiger partial charge in [0, 0.05) is 4.90 Å². The van der Waals surface area contributed by atoms with E-state index >= 15 is 0 Å². The molecule has 0 N–H and O–H groups in total. The highest BCUT2D eigenvalue weighted by molar-refractivity contribution is 8.04. The molecule has 0 radical (unpaired) electrons. The van der Waals surface area contributed by atoms with Crippen LogP contribution in [0.2, 0.25) is 0 Å². The monoisotopic (exact) mass is 399 g/mol. The van der Waals surface area contributed by atoms with E-state index < -0.39 is 0 Å². The number of thioether (sulfide) groups is 1. The number of carbonyl (C=O) groups is 2. The number of rotatable bonds is 4. The summed E-state index contributed by atoms with van der Waals surface area (Å²) in [5.74, 6) is -0.542. The van der Waals surface area contributed by atoms with Gasteiger partial charge in [-0.3, -0.25) is 9.59 Å². The number of hydrogen-bond acceptors (Lipinski definition) is 3. The maximum absolute atomic E-state index is 13.5. The van der Waals surface area contributed by atoms with Crippen LogP contribution in [-0.4, -0.2) is 11.8 Å². The number of amides is 2. The molecule has 3 nitrogen and oxygen atoms in total. The Morgan fingerprint density at radius 2 is 1.41 bits per heavy atom. The Morgan fingerprint density at radius 1 is 0.724 bits per heavy atom. The summed E-state index contributed by atoms with van der Waals surface area (Å²) in [7, 11) is 0. The van der Waals surface area contributed by atoms with E-state index in [-0.39, 0.29) is 11.8 Å². The van der Waals surface area contributed by atoms with Crippen molar-refractivity contribution in [3.8, 4) is 0 Å². The Hall–Kier alpha value is -3.11. The van der Waals surface area contributed by atoms with Crippen LogP contribution >= 0.6 is 11.8 Å². The van der Waals surface area contributed by atoms with Crippen LogP contribution in [0.15, 0.2) is 82.6 Å². The second-order valence-electron chi connectivity index (χ2n) is 7.15. The van der Waals surface area contributed by atoms with Crippen LogP contribution in [-0.2, 0) is 9.59 Å². The molecule has 1 aliphatic heterocycles. The molecule has 0 bridgehead atoms. The Bertz CT molecular complexity index is 1130. The highest BCUT2D eigenvalue weighted by Gasteiger charge is 2.41. The minimum atomic E-state index is -0.272. The van der Waals surface area contributed by atoms with Gasteiger partial charge in [-0.05, 0) is 55.7 Å². The first-order chi connectivity index (χ1) is 14.0. The molecule has 144 valence electrons. The molecule has 1 heterocycles. The number of hydrogen-bond donors (Lipinski definition) is 0. The van der Waals surface area contributed by atoms with Crippen molar-refractivity contribution in [1.82, 2.24) is 0 Å². The normalized spacial score (nSPS) is 14.1. The second-order valence-corrected chi connectivity index (χ2v) is 8.23. The van der Waals surface area contributed by atoms with Gasteiger partial charge in [0.25, 0.3) is 11.8 Å². The predicted octanol–water partition coefficient (Wildman–Crippen LogP) is 5.69. The molecule has 1 aliphatic rings. The summed E-state index contributed by atoms with van der Waals surface area (Å²) in [6, 6.07) is 23.1. The van der Waals surface area contributed by atoms with Crippen LogP contribution in [0.1, 0.15) is 22.3 Å². The van der Waals surface area contributed by atoms with Crippen molar-refractivity contribution < 1.29 is 9.59 Å². The summed E-state index contributed by atoms with van der Waals surface area (Å²) in [4.78, 5) is 29.7. The Kier molecular flexibility index (Phi) is 5.12. The molecule has 4 heteroatoms. The Morgan fingerprint density at radius 3 is 2.10 bits per heavy atom. The fraction of sp³-hybridized carbons (Fsp3) is 0.120. The van der Waals surface area contributed by atoms with Gasteiger partial charge < -0.3 is 0 Å². The van der Waals surface area contributed by atoms with E-state index in [0.717, 1.165) is 27.1 Å². The van der Waals surface area contributed by atoms with Crippen molar-refractivity contribution in [3.05, 3.63) is 100.0 Å². The molecular weight excluding hydrogens is 378 g/mol. The number of imide groups is 1. The first-order valence-corrected chi connectivity index (χ1v) is 10.3. The third-order valence-electron chi connectivity index (χ3n) is 5.16. The highest BCUT2D eigenvalue weighted by atomic mass is 32.2. The Balaban J connectivity index is 1.85. The van der Waals surface area contributed by atoms with E-state index in [1.807, 2.05) is 93.6 Å². The third-order valence-corrected chi connectivity index (χ3v) is 6.25. The molecule has 3 aromatic rings. The second kappa shape index (κ2) is 7.72. The molecule has 0 unspecified atom stereocenters. The maximum Gasteiger partial charge on any atom is 0.272 e. The van der Waals surface area contributed by atoms with E-state index in [2.05, 4.69) is 0 Å². The van der Waals surface area contributed by atoms with Gasteiger partial charge in [-0.15, -0.1) is 0 Å². The first kappa shape index (κ1) is 19.2. The number of anilines is 1. The summed E-state index contributed by atoms with van der Waals surface area (Å²) >= 11 is 1.35. The molecule has 0 atom stereocenters. The van der Waals surface area contributed by atoms with E-state index in [1.54, 1.807) is 0 Å². The van der Waals surface area contributed by atoms with Crippen LogP contribution in [0.3, 0.4) is 0 Å². The lowest BCUT2D eigenvalue weighted by Crippen LogP contribution is -2.32. The lowest BCUT2D eigenvalue weighted by Gasteiger charge is -2.19. The van der Waals surface area contributed by atoms with E-state index in [4.69, 9.17) is 0 Å². The fourth-order valence-corrected chi connectivity index (χ4v) is 4.40. The quantitative estimate of drug-likeness (QED) is 0.529. The van der Waals surface area contributed by atoms with Crippen molar-refractivity contribution in [2.45, 2.75) is 25.7 Å². The van der Waals surface area contributed by atoms with Gasteiger partial charge in [-0.1, -0.05) is 71.9 Å². The van der Waals surface area contributed by atoms with Gasteiger partial charge in [0.1, 0.15) is 0 Å². The molecule has 0 aromatic heterocycles. The third kappa shape index (κ3) is 3.52. The van der Waals surface area contributed by atoms with Crippen LogP contribution in [0.5, 0.6) is 0 Å². The molecule has 2 amide bonds. The SMILES string of the molecule is Cc1ccc(C2=C(Sc3ccccc3)C(=O)N(c3cccc(C)c3C)C2=O)cc1. The summed E-state index contributed by atoms with van der Waals surface area (Å²) in [5, 5.41) is 0. The number of carbonyl (C=O) groups excluding carboxylic acids is 2. The summed E-state index contributed by atoms with van der Waals surface area (Å²) < 4.78 is 0. The average Bonchev–Trinajstić information content (AvgIpc) is 2.96. The van der Waals surface area contributed by atoms with Gasteiger partial charge in [0.05, 0.1) is 16.2 Å². The molecule has 0 aliphatic carbocycles. The number of benzene rings is 3. The van der Waals surface area contributed by atoms with Crippen molar-refractivity contribution >= 4 is 34.8 Å². The molecule has 0 spiro atoms. The van der Waals surface area contributed by atoms with Crippen LogP contribution in [0.25, 0.3) is 5.57 Å². The summed E-state index contributed by atoms with van der Waals surface area (Å²) in [6.07, 6.45) is 0. The average molecular weight is 400 g/mol. The molecule has 3 aromatic carbocycles. The molecule has 29 heavy (non-hydrogen) atoms. The predicted molar refractivity (Wildman–Crippen MR) is 119 cm³/mol. The number of aryl methyl sites for hydroxylation is 2. The van der Waals surface area contributed by atoms with Crippen LogP contribution in [0, 0.1) is 20.8 Å². The van der Waals surface area contributed by atoms with Crippen molar-refractivity contribution in [1.29, 1.82) is 0 Å². The zero-order chi connectivity index (χ0) is 20.5. The van der Waals surface area contributed by atoms with Crippen molar-refractivity contribution in [2.24, 2.45) is 0 Å². The molecule has 0 saturated carbocycles. The van der Waals surface area contributed by atoms with Gasteiger partial charge in [-0.2, -0.15) is 0 Å². The molecular formula is C25H21NO2S. The highest BCUT2D eigenvalue weighted by Crippen LogP contribution is 2.42. The molecule has 0 saturated heterocycles. The van der Waals surface area contributed by atoms with Crippen molar-refractivity contribution in [2.75, 3.05) is 4.90 Å². The topological polar surface area (TPSA) is 37.4 Å². The maximum atomic E-state index is 13.5.